The van der Waals surface area contributed by atoms with Gasteiger partial charge in [0.2, 0.25) is 11.6 Å². The van der Waals surface area contributed by atoms with Crippen molar-refractivity contribution in [2.24, 2.45) is 5.92 Å². The Bertz CT molecular complexity index is 1010. The summed E-state index contributed by atoms with van der Waals surface area (Å²) in [5, 5.41) is 0. The number of halogens is 3. The fourth-order valence-corrected chi connectivity index (χ4v) is 3.69. The van der Waals surface area contributed by atoms with E-state index in [2.05, 4.69) is 4.98 Å². The molecule has 1 fully saturated rings. The second-order valence-electron chi connectivity index (χ2n) is 7.15. The molecule has 1 aliphatic heterocycles. The molecule has 0 bridgehead atoms. The van der Waals surface area contributed by atoms with E-state index in [9.17, 15) is 27.6 Å². The van der Waals surface area contributed by atoms with Crippen molar-refractivity contribution in [1.29, 1.82) is 0 Å². The van der Waals surface area contributed by atoms with Crippen molar-refractivity contribution < 1.29 is 27.5 Å². The summed E-state index contributed by atoms with van der Waals surface area (Å²) < 4.78 is 45.9. The summed E-state index contributed by atoms with van der Waals surface area (Å²) in [5.74, 6) is -1.11. The number of carbonyl (C=O) groups excluding carboxylic acids is 2. The van der Waals surface area contributed by atoms with Crippen molar-refractivity contribution in [2.75, 3.05) is 19.7 Å². The minimum atomic E-state index is -4.94. The smallest absolute Gasteiger partial charge is 0.438 e. The molecule has 1 aromatic carbocycles. The molecule has 0 aliphatic carbocycles. The van der Waals surface area contributed by atoms with Gasteiger partial charge in [0.05, 0.1) is 23.6 Å². The van der Waals surface area contributed by atoms with Crippen LogP contribution in [0.25, 0.3) is 11.0 Å². The van der Waals surface area contributed by atoms with Gasteiger partial charge < -0.3 is 9.64 Å². The van der Waals surface area contributed by atoms with Crippen LogP contribution in [-0.2, 0) is 20.5 Å². The number of aromatic nitrogens is 2. The molecule has 1 aromatic heterocycles. The van der Waals surface area contributed by atoms with Crippen LogP contribution in [0.15, 0.2) is 29.1 Å². The molecule has 0 N–H and O–H groups in total. The van der Waals surface area contributed by atoms with Crippen molar-refractivity contribution >= 4 is 22.9 Å². The summed E-state index contributed by atoms with van der Waals surface area (Å²) in [7, 11) is 0. The molecular formula is C20H22F3N3O4. The number of esters is 1. The van der Waals surface area contributed by atoms with E-state index >= 15 is 0 Å². The van der Waals surface area contributed by atoms with Gasteiger partial charge in [-0.3, -0.25) is 19.0 Å². The van der Waals surface area contributed by atoms with E-state index in [1.165, 1.54) is 30.0 Å². The van der Waals surface area contributed by atoms with E-state index in [4.69, 9.17) is 4.74 Å². The lowest BCUT2D eigenvalue weighted by Gasteiger charge is -2.33. The van der Waals surface area contributed by atoms with Crippen LogP contribution in [0.4, 0.5) is 13.2 Å². The number of para-hydroxylation sites is 2. The van der Waals surface area contributed by atoms with E-state index in [1.54, 1.807) is 13.0 Å². The molecule has 2 aromatic rings. The zero-order chi connectivity index (χ0) is 22.1. The van der Waals surface area contributed by atoms with Crippen molar-refractivity contribution in [1.82, 2.24) is 14.5 Å². The maximum Gasteiger partial charge on any atom is 0.438 e. The van der Waals surface area contributed by atoms with E-state index in [0.29, 0.717) is 12.8 Å². The average molecular weight is 425 g/mol. The highest BCUT2D eigenvalue weighted by Crippen LogP contribution is 2.28. The first-order valence-electron chi connectivity index (χ1n) is 9.69. The number of hydrogen-bond donors (Lipinski definition) is 0. The monoisotopic (exact) mass is 425 g/mol. The number of alkyl halides is 3. The Morgan fingerprint density at radius 2 is 1.87 bits per heavy atom. The normalized spacial score (nSPS) is 16.5. The number of carbonyl (C=O) groups is 2. The molecule has 162 valence electrons. The third-order valence-electron chi connectivity index (χ3n) is 5.23. The highest BCUT2D eigenvalue weighted by molar-refractivity contribution is 5.84. The van der Waals surface area contributed by atoms with Crippen molar-refractivity contribution in [3.63, 3.8) is 0 Å². The van der Waals surface area contributed by atoms with Gasteiger partial charge >= 0.3 is 12.1 Å². The van der Waals surface area contributed by atoms with Crippen molar-refractivity contribution in [3.8, 4) is 0 Å². The SMILES string of the molecule is CCOC(=O)C1CCN(C(=O)[C@H](C)n2c(=O)c(C(F)(F)F)nc3ccccc32)CC1. The van der Waals surface area contributed by atoms with Gasteiger partial charge in [0.1, 0.15) is 6.04 Å². The summed E-state index contributed by atoms with van der Waals surface area (Å²) in [6.07, 6.45) is -4.14. The number of piperidine rings is 1. The Morgan fingerprint density at radius 1 is 1.23 bits per heavy atom. The zero-order valence-corrected chi connectivity index (χ0v) is 16.6. The van der Waals surface area contributed by atoms with Gasteiger partial charge in [-0.05, 0) is 38.8 Å². The highest BCUT2D eigenvalue weighted by atomic mass is 19.4. The van der Waals surface area contributed by atoms with Crippen LogP contribution in [0.2, 0.25) is 0 Å². The van der Waals surface area contributed by atoms with Crippen LogP contribution in [0.5, 0.6) is 0 Å². The number of rotatable bonds is 4. The third kappa shape index (κ3) is 4.17. The maximum absolute atomic E-state index is 13.3. The lowest BCUT2D eigenvalue weighted by atomic mass is 9.96. The molecule has 1 saturated heterocycles. The Morgan fingerprint density at radius 3 is 2.47 bits per heavy atom. The molecule has 30 heavy (non-hydrogen) atoms. The third-order valence-corrected chi connectivity index (χ3v) is 5.23. The van der Waals surface area contributed by atoms with Gasteiger partial charge in [-0.15, -0.1) is 0 Å². The molecule has 2 heterocycles. The lowest BCUT2D eigenvalue weighted by Crippen LogP contribution is -2.45. The Kier molecular flexibility index (Phi) is 6.14. The number of nitrogens with zero attached hydrogens (tertiary/aromatic N) is 3. The molecule has 3 rings (SSSR count). The van der Waals surface area contributed by atoms with E-state index in [-0.39, 0.29) is 42.6 Å². The number of fused-ring (bicyclic) bond motifs is 1. The molecule has 1 aliphatic rings. The second-order valence-corrected chi connectivity index (χ2v) is 7.15. The molecule has 1 amide bonds. The number of benzene rings is 1. The van der Waals surface area contributed by atoms with Gasteiger partial charge in [-0.2, -0.15) is 13.2 Å². The number of likely N-dealkylation sites (tertiary alicyclic amines) is 1. The number of amides is 1. The summed E-state index contributed by atoms with van der Waals surface area (Å²) in [5.41, 5.74) is -2.78. The summed E-state index contributed by atoms with van der Waals surface area (Å²) in [4.78, 5) is 42.4. The summed E-state index contributed by atoms with van der Waals surface area (Å²) in [6, 6.07) is 4.74. The minimum Gasteiger partial charge on any atom is -0.466 e. The Labute approximate surface area is 170 Å². The number of hydrogen-bond acceptors (Lipinski definition) is 5. The van der Waals surface area contributed by atoms with Crippen LogP contribution in [-0.4, -0.2) is 46.0 Å². The van der Waals surface area contributed by atoms with Gasteiger partial charge in [-0.25, -0.2) is 4.98 Å². The summed E-state index contributed by atoms with van der Waals surface area (Å²) >= 11 is 0. The predicted molar refractivity (Wildman–Crippen MR) is 102 cm³/mol. The van der Waals surface area contributed by atoms with Crippen LogP contribution in [0, 0.1) is 5.92 Å². The fourth-order valence-electron chi connectivity index (χ4n) is 3.69. The predicted octanol–water partition coefficient (Wildman–Crippen LogP) is 2.78. The Balaban J connectivity index is 1.91. The molecule has 0 saturated carbocycles. The molecule has 0 radical (unpaired) electrons. The lowest BCUT2D eigenvalue weighted by molar-refractivity contribution is -0.151. The summed E-state index contributed by atoms with van der Waals surface area (Å²) in [6.45, 7) is 3.90. The standard InChI is InChI=1S/C20H22F3N3O4/c1-3-30-19(29)13-8-10-25(11-9-13)17(27)12(2)26-15-7-5-4-6-14(15)24-16(18(26)28)20(21,22)23/h4-7,12-13H,3,8-11H2,1-2H3/t12-/m0/s1. The molecule has 10 heteroatoms. The largest absolute Gasteiger partial charge is 0.466 e. The molecule has 7 nitrogen and oxygen atoms in total. The zero-order valence-electron chi connectivity index (χ0n) is 16.6. The number of ether oxygens (including phenoxy) is 1. The topological polar surface area (TPSA) is 81.5 Å². The second kappa shape index (κ2) is 8.45. The van der Waals surface area contributed by atoms with E-state index in [1.807, 2.05) is 0 Å². The van der Waals surface area contributed by atoms with Crippen LogP contribution in [0.1, 0.15) is 38.4 Å². The van der Waals surface area contributed by atoms with Gasteiger partial charge in [-0.1, -0.05) is 12.1 Å². The maximum atomic E-state index is 13.3. The highest BCUT2D eigenvalue weighted by Gasteiger charge is 2.39. The van der Waals surface area contributed by atoms with Crippen molar-refractivity contribution in [3.05, 3.63) is 40.3 Å². The quantitative estimate of drug-likeness (QED) is 0.704. The van der Waals surface area contributed by atoms with Gasteiger partial charge in [0.15, 0.2) is 0 Å². The molecular weight excluding hydrogens is 403 g/mol. The van der Waals surface area contributed by atoms with E-state index in [0.717, 1.165) is 4.57 Å². The first-order chi connectivity index (χ1) is 14.1. The minimum absolute atomic E-state index is 0.0231. The van der Waals surface area contributed by atoms with Crippen LogP contribution in [0.3, 0.4) is 0 Å². The first kappa shape index (κ1) is 21.8. The Hall–Kier alpha value is -2.91. The average Bonchev–Trinajstić information content (AvgIpc) is 2.72. The molecule has 0 unspecified atom stereocenters. The molecule has 0 spiro atoms. The fraction of sp³-hybridized carbons (Fsp3) is 0.500. The van der Waals surface area contributed by atoms with Gasteiger partial charge in [0.25, 0.3) is 5.56 Å². The molecule has 1 atom stereocenters. The van der Waals surface area contributed by atoms with Gasteiger partial charge in [0, 0.05) is 13.1 Å². The van der Waals surface area contributed by atoms with Crippen LogP contribution < -0.4 is 5.56 Å². The first-order valence-corrected chi connectivity index (χ1v) is 9.69. The van der Waals surface area contributed by atoms with Crippen molar-refractivity contribution in [2.45, 2.75) is 38.9 Å². The van der Waals surface area contributed by atoms with Crippen LogP contribution >= 0.6 is 0 Å². The van der Waals surface area contributed by atoms with E-state index < -0.39 is 29.4 Å².